The summed E-state index contributed by atoms with van der Waals surface area (Å²) in [5.41, 5.74) is 0. The van der Waals surface area contributed by atoms with E-state index in [9.17, 15) is 8.42 Å². The normalized spacial score (nSPS) is 12.2. The Morgan fingerprint density at radius 2 is 1.74 bits per heavy atom. The zero-order valence-electron chi connectivity index (χ0n) is 13.5. The van der Waals surface area contributed by atoms with Crippen molar-refractivity contribution in [1.29, 1.82) is 0 Å². The van der Waals surface area contributed by atoms with Crippen LogP contribution in [0.3, 0.4) is 0 Å². The van der Waals surface area contributed by atoms with Crippen molar-refractivity contribution in [3.8, 4) is 0 Å². The molecule has 7 heteroatoms. The Morgan fingerprint density at radius 1 is 1.13 bits per heavy atom. The van der Waals surface area contributed by atoms with Crippen LogP contribution in [0.25, 0.3) is 10.1 Å². The second-order valence-electron chi connectivity index (χ2n) is 5.45. The topological polar surface area (TPSA) is 49.4 Å². The van der Waals surface area contributed by atoms with Crippen molar-refractivity contribution in [3.05, 3.63) is 28.7 Å². The quantitative estimate of drug-likeness (QED) is 0.606. The lowest BCUT2D eigenvalue weighted by Crippen LogP contribution is -2.37. The highest BCUT2D eigenvalue weighted by Gasteiger charge is 2.23. The van der Waals surface area contributed by atoms with Gasteiger partial charge in [-0.15, -0.1) is 11.3 Å². The maximum absolute atomic E-state index is 12.7. The predicted octanol–water partition coefficient (Wildman–Crippen LogP) is 5.22. The van der Waals surface area contributed by atoms with Gasteiger partial charge >= 0.3 is 10.2 Å². The largest absolute Gasteiger partial charge is 0.302 e. The zero-order valence-corrected chi connectivity index (χ0v) is 16.7. The van der Waals surface area contributed by atoms with Crippen LogP contribution in [0.1, 0.15) is 39.5 Å². The molecule has 0 aliphatic heterocycles. The van der Waals surface area contributed by atoms with Gasteiger partial charge in [0.05, 0.1) is 4.47 Å². The molecule has 0 amide bonds. The second kappa shape index (κ2) is 8.46. The Bertz CT molecular complexity index is 736. The van der Waals surface area contributed by atoms with E-state index in [-0.39, 0.29) is 0 Å². The van der Waals surface area contributed by atoms with E-state index in [1.54, 1.807) is 4.31 Å². The van der Waals surface area contributed by atoms with Gasteiger partial charge in [-0.2, -0.15) is 12.7 Å². The van der Waals surface area contributed by atoms with E-state index < -0.39 is 10.2 Å². The summed E-state index contributed by atoms with van der Waals surface area (Å²) >= 11 is 4.98. The molecule has 0 spiro atoms. The summed E-state index contributed by atoms with van der Waals surface area (Å²) in [5, 5.41) is 1.67. The van der Waals surface area contributed by atoms with Gasteiger partial charge in [0.15, 0.2) is 0 Å². The van der Waals surface area contributed by atoms with Crippen molar-refractivity contribution in [1.82, 2.24) is 4.31 Å². The molecule has 0 atom stereocenters. The smallest absolute Gasteiger partial charge is 0.261 e. The fourth-order valence-corrected chi connectivity index (χ4v) is 5.77. The molecule has 0 saturated heterocycles. The number of nitrogens with one attached hydrogen (secondary N) is 1. The van der Waals surface area contributed by atoms with Gasteiger partial charge in [-0.3, -0.25) is 4.72 Å². The van der Waals surface area contributed by atoms with Crippen molar-refractivity contribution in [2.24, 2.45) is 0 Å². The summed E-state index contributed by atoms with van der Waals surface area (Å²) < 4.78 is 31.7. The van der Waals surface area contributed by atoms with Gasteiger partial charge in [-0.1, -0.05) is 44.9 Å². The minimum Gasteiger partial charge on any atom is -0.261 e. The third-order valence-corrected chi connectivity index (χ3v) is 7.43. The highest BCUT2D eigenvalue weighted by atomic mass is 79.9. The van der Waals surface area contributed by atoms with E-state index in [0.717, 1.165) is 40.2 Å². The Morgan fingerprint density at radius 3 is 2.30 bits per heavy atom. The summed E-state index contributed by atoms with van der Waals surface area (Å²) in [5.74, 6) is 0. The van der Waals surface area contributed by atoms with Crippen molar-refractivity contribution >= 4 is 52.6 Å². The molecular weight excluding hydrogens is 396 g/mol. The molecule has 1 heterocycles. The number of rotatable bonds is 9. The number of unbranched alkanes of at least 4 members (excludes halogenated alkanes) is 2. The van der Waals surface area contributed by atoms with E-state index in [4.69, 9.17) is 0 Å². The number of benzene rings is 1. The Kier molecular flexibility index (Phi) is 6.88. The fourth-order valence-electron chi connectivity index (χ4n) is 2.28. The number of nitrogens with zero attached hydrogens (tertiary/aromatic N) is 1. The number of fused-ring (bicyclic) bond motifs is 1. The maximum atomic E-state index is 12.7. The van der Waals surface area contributed by atoms with E-state index in [1.165, 1.54) is 11.3 Å². The molecule has 0 radical (unpaired) electrons. The SMILES string of the molecule is CCCCN(CCCC)S(=O)(=O)Nc1sc2ccccc2c1Br. The molecule has 0 bridgehead atoms. The second-order valence-corrected chi connectivity index (χ2v) is 8.97. The number of thiophene rings is 1. The monoisotopic (exact) mass is 418 g/mol. The molecule has 23 heavy (non-hydrogen) atoms. The molecule has 4 nitrogen and oxygen atoms in total. The average molecular weight is 419 g/mol. The van der Waals surface area contributed by atoms with Gasteiger partial charge < -0.3 is 0 Å². The van der Waals surface area contributed by atoms with Crippen molar-refractivity contribution in [3.63, 3.8) is 0 Å². The average Bonchev–Trinajstić information content (AvgIpc) is 2.83. The first-order valence-corrected chi connectivity index (χ1v) is 11.0. The minimum atomic E-state index is -3.53. The molecule has 0 unspecified atom stereocenters. The van der Waals surface area contributed by atoms with Gasteiger partial charge in [0, 0.05) is 23.2 Å². The maximum Gasteiger partial charge on any atom is 0.302 e. The fraction of sp³-hybridized carbons (Fsp3) is 0.500. The summed E-state index contributed by atoms with van der Waals surface area (Å²) in [6.45, 7) is 5.27. The number of hydrogen-bond donors (Lipinski definition) is 1. The molecule has 1 N–H and O–H groups in total. The standard InChI is InChI=1S/C16H23BrN2O2S2/c1-3-5-11-19(12-6-4-2)23(20,21)18-16-15(17)13-9-7-8-10-14(13)22-16/h7-10,18H,3-6,11-12H2,1-2H3. The molecule has 0 fully saturated rings. The van der Waals surface area contributed by atoms with Crippen LogP contribution < -0.4 is 4.72 Å². The highest BCUT2D eigenvalue weighted by Crippen LogP contribution is 2.40. The molecule has 0 aliphatic rings. The molecule has 1 aromatic heterocycles. The van der Waals surface area contributed by atoms with Crippen LogP contribution in [-0.2, 0) is 10.2 Å². The van der Waals surface area contributed by atoms with Crippen LogP contribution in [0, 0.1) is 0 Å². The van der Waals surface area contributed by atoms with E-state index in [1.807, 2.05) is 24.3 Å². The van der Waals surface area contributed by atoms with E-state index in [0.29, 0.717) is 18.1 Å². The van der Waals surface area contributed by atoms with Gasteiger partial charge in [0.1, 0.15) is 5.00 Å². The lowest BCUT2D eigenvalue weighted by Gasteiger charge is -2.22. The summed E-state index contributed by atoms with van der Waals surface area (Å²) in [6, 6.07) is 7.89. The first-order valence-electron chi connectivity index (χ1n) is 7.94. The van der Waals surface area contributed by atoms with Gasteiger partial charge in [-0.25, -0.2) is 0 Å². The third-order valence-electron chi connectivity index (χ3n) is 3.62. The first kappa shape index (κ1) is 18.7. The van der Waals surface area contributed by atoms with E-state index >= 15 is 0 Å². The Labute approximate surface area is 151 Å². The lowest BCUT2D eigenvalue weighted by molar-refractivity contribution is 0.398. The molecule has 2 rings (SSSR count). The summed E-state index contributed by atoms with van der Waals surface area (Å²) in [6.07, 6.45) is 3.70. The molecule has 128 valence electrons. The summed E-state index contributed by atoms with van der Waals surface area (Å²) in [7, 11) is -3.53. The van der Waals surface area contributed by atoms with E-state index in [2.05, 4.69) is 34.5 Å². The van der Waals surface area contributed by atoms with Gasteiger partial charge in [-0.05, 0) is 34.8 Å². The van der Waals surface area contributed by atoms with Crippen molar-refractivity contribution < 1.29 is 8.42 Å². The predicted molar refractivity (Wildman–Crippen MR) is 103 cm³/mol. The number of halogens is 1. The number of hydrogen-bond acceptors (Lipinski definition) is 3. The molecule has 2 aromatic rings. The molecule has 0 saturated carbocycles. The molecular formula is C16H23BrN2O2S2. The van der Waals surface area contributed by atoms with Crippen molar-refractivity contribution in [2.75, 3.05) is 17.8 Å². The molecule has 0 aliphatic carbocycles. The van der Waals surface area contributed by atoms with Crippen molar-refractivity contribution in [2.45, 2.75) is 39.5 Å². The van der Waals surface area contributed by atoms with Gasteiger partial charge in [0.2, 0.25) is 0 Å². The van der Waals surface area contributed by atoms with Gasteiger partial charge in [0.25, 0.3) is 0 Å². The van der Waals surface area contributed by atoms with Crippen LogP contribution in [-0.4, -0.2) is 25.8 Å². The third kappa shape index (κ3) is 4.68. The summed E-state index contributed by atoms with van der Waals surface area (Å²) in [4.78, 5) is 0. The lowest BCUT2D eigenvalue weighted by atomic mass is 10.3. The molecule has 1 aromatic carbocycles. The first-order chi connectivity index (χ1) is 11.0. The number of anilines is 1. The van der Waals surface area contributed by atoms with Crippen LogP contribution in [0.2, 0.25) is 0 Å². The van der Waals surface area contributed by atoms with Crippen LogP contribution in [0.5, 0.6) is 0 Å². The van der Waals surface area contributed by atoms with Crippen LogP contribution >= 0.6 is 27.3 Å². The Hall–Kier alpha value is -0.630. The van der Waals surface area contributed by atoms with Crippen LogP contribution in [0.15, 0.2) is 28.7 Å². The minimum absolute atomic E-state index is 0.564. The highest BCUT2D eigenvalue weighted by molar-refractivity contribution is 9.10. The zero-order chi connectivity index (χ0) is 16.9. The Balaban J connectivity index is 2.24. The van der Waals surface area contributed by atoms with Crippen LogP contribution in [0.4, 0.5) is 5.00 Å².